The first kappa shape index (κ1) is 24.0. The van der Waals surface area contributed by atoms with Gasteiger partial charge in [0.1, 0.15) is 4.88 Å². The van der Waals surface area contributed by atoms with Crippen LogP contribution in [0.2, 0.25) is 5.02 Å². The Kier molecular flexibility index (Phi) is 7.19. The molecule has 1 saturated carbocycles. The van der Waals surface area contributed by atoms with Crippen LogP contribution in [-0.4, -0.2) is 34.9 Å². The fourth-order valence-electron chi connectivity index (χ4n) is 5.10. The summed E-state index contributed by atoms with van der Waals surface area (Å²) in [5, 5.41) is 4.93. The minimum atomic E-state index is 0.0364. The van der Waals surface area contributed by atoms with Crippen LogP contribution < -0.4 is 5.32 Å². The molecule has 2 aromatic carbocycles. The van der Waals surface area contributed by atoms with Gasteiger partial charge in [0.25, 0.3) is 5.91 Å². The zero-order chi connectivity index (χ0) is 24.4. The minimum absolute atomic E-state index is 0.0364. The fraction of sp³-hybridized carbons (Fsp3) is 0.310. The first-order valence-corrected chi connectivity index (χ1v) is 13.4. The number of hydrogen-bond donors (Lipinski definition) is 1. The number of carbonyl (C=O) groups is 1. The lowest BCUT2D eigenvalue weighted by Crippen LogP contribution is -2.44. The van der Waals surface area contributed by atoms with Crippen LogP contribution in [0.15, 0.2) is 66.9 Å². The lowest BCUT2D eigenvalue weighted by molar-refractivity contribution is 0.0606. The third-order valence-corrected chi connectivity index (χ3v) is 8.71. The fourth-order valence-corrected chi connectivity index (χ4v) is 6.56. The second-order valence-electron chi connectivity index (χ2n) is 9.35. The van der Waals surface area contributed by atoms with Gasteiger partial charge < -0.3 is 10.2 Å². The van der Waals surface area contributed by atoms with Gasteiger partial charge in [0.05, 0.1) is 5.02 Å². The lowest BCUT2D eigenvalue weighted by atomic mass is 9.89. The second kappa shape index (κ2) is 10.5. The summed E-state index contributed by atoms with van der Waals surface area (Å²) in [6, 6.07) is 21.3. The zero-order valence-electron chi connectivity index (χ0n) is 20.1. The quantitative estimate of drug-likeness (QED) is 0.305. The number of carbonyl (C=O) groups excluding carboxylic acids is 1. The summed E-state index contributed by atoms with van der Waals surface area (Å²) in [5.74, 6) is 0.0364. The Balaban J connectivity index is 1.48. The Morgan fingerprint density at radius 3 is 2.57 bits per heavy atom. The number of aryl methyl sites for hydroxylation is 1. The monoisotopic (exact) mass is 503 g/mol. The number of nitrogens with one attached hydrogen (secondary N) is 1. The highest BCUT2D eigenvalue weighted by molar-refractivity contribution is 7.21. The summed E-state index contributed by atoms with van der Waals surface area (Å²) in [5.41, 5.74) is 4.39. The van der Waals surface area contributed by atoms with E-state index in [0.29, 0.717) is 22.5 Å². The molecule has 1 N–H and O–H groups in total. The molecule has 5 rings (SSSR count). The van der Waals surface area contributed by atoms with Crippen LogP contribution in [0.4, 0.5) is 0 Å². The molecule has 2 heterocycles. The van der Waals surface area contributed by atoms with Gasteiger partial charge >= 0.3 is 0 Å². The predicted octanol–water partition coefficient (Wildman–Crippen LogP) is 7.10. The molecule has 4 nitrogen and oxygen atoms in total. The molecule has 4 aromatic rings. The van der Waals surface area contributed by atoms with Crippen LogP contribution >= 0.6 is 22.9 Å². The van der Waals surface area contributed by atoms with Gasteiger partial charge in [-0.25, -0.2) is 0 Å². The van der Waals surface area contributed by atoms with E-state index in [1.165, 1.54) is 11.3 Å². The number of nitrogens with zero attached hydrogens (tertiary/aromatic N) is 2. The molecule has 2 aromatic heterocycles. The second-order valence-corrected chi connectivity index (χ2v) is 10.8. The van der Waals surface area contributed by atoms with Crippen molar-refractivity contribution in [2.75, 3.05) is 7.05 Å². The minimum Gasteiger partial charge on any atom is -0.331 e. The standard InChI is InChI=1S/C29H30ClN3OS/c1-19-16-22(14-15-32-19)21-7-5-6-20(17-21)18-33(24-12-10-23(31-2)11-13-24)29(34)28-27(30)25-8-3-4-9-26(25)35-28/h3-9,14-17,23-24,31H,10-13,18H2,1-2H3. The van der Waals surface area contributed by atoms with Gasteiger partial charge in [0.2, 0.25) is 0 Å². The lowest BCUT2D eigenvalue weighted by Gasteiger charge is -2.37. The van der Waals surface area contributed by atoms with Gasteiger partial charge in [-0.1, -0.05) is 48.0 Å². The zero-order valence-corrected chi connectivity index (χ0v) is 21.7. The molecule has 0 unspecified atom stereocenters. The molecule has 1 amide bonds. The van der Waals surface area contributed by atoms with Gasteiger partial charge in [0, 0.05) is 40.6 Å². The number of amides is 1. The van der Waals surface area contributed by atoms with E-state index < -0.39 is 0 Å². The molecular weight excluding hydrogens is 474 g/mol. The van der Waals surface area contributed by atoms with Crippen molar-refractivity contribution in [3.8, 4) is 11.1 Å². The van der Waals surface area contributed by atoms with E-state index in [9.17, 15) is 4.79 Å². The molecule has 0 saturated heterocycles. The number of benzene rings is 2. The topological polar surface area (TPSA) is 45.2 Å². The van der Waals surface area contributed by atoms with E-state index in [1.54, 1.807) is 0 Å². The Bertz CT molecular complexity index is 1340. The summed E-state index contributed by atoms with van der Waals surface area (Å²) in [4.78, 5) is 21.1. The van der Waals surface area contributed by atoms with Gasteiger partial charge in [0.15, 0.2) is 0 Å². The summed E-state index contributed by atoms with van der Waals surface area (Å²) in [6.07, 6.45) is 5.96. The molecule has 1 fully saturated rings. The predicted molar refractivity (Wildman–Crippen MR) is 146 cm³/mol. The summed E-state index contributed by atoms with van der Waals surface area (Å²) < 4.78 is 1.05. The molecule has 0 aliphatic heterocycles. The number of fused-ring (bicyclic) bond motifs is 1. The average molecular weight is 504 g/mol. The van der Waals surface area contributed by atoms with Crippen molar-refractivity contribution in [1.82, 2.24) is 15.2 Å². The van der Waals surface area contributed by atoms with E-state index in [1.807, 2.05) is 50.5 Å². The number of aromatic nitrogens is 1. The molecule has 1 aliphatic rings. The highest BCUT2D eigenvalue weighted by atomic mass is 35.5. The van der Waals surface area contributed by atoms with Crippen molar-refractivity contribution in [3.05, 3.63) is 88.0 Å². The Labute approximate surface area is 216 Å². The van der Waals surface area contributed by atoms with E-state index in [4.69, 9.17) is 11.6 Å². The molecule has 1 aliphatic carbocycles. The first-order valence-electron chi connectivity index (χ1n) is 12.2. The highest BCUT2D eigenvalue weighted by Crippen LogP contribution is 2.37. The third kappa shape index (κ3) is 5.13. The molecular formula is C29H30ClN3OS. The molecule has 6 heteroatoms. The van der Waals surface area contributed by atoms with Crippen molar-refractivity contribution in [3.63, 3.8) is 0 Å². The maximum Gasteiger partial charge on any atom is 0.266 e. The molecule has 180 valence electrons. The van der Waals surface area contributed by atoms with E-state index in [0.717, 1.165) is 58.2 Å². The third-order valence-electron chi connectivity index (χ3n) is 7.05. The number of pyridine rings is 1. The van der Waals surface area contributed by atoms with Crippen molar-refractivity contribution in [1.29, 1.82) is 0 Å². The van der Waals surface area contributed by atoms with Gasteiger partial charge in [-0.05, 0) is 80.6 Å². The van der Waals surface area contributed by atoms with Gasteiger partial charge in [-0.15, -0.1) is 11.3 Å². The van der Waals surface area contributed by atoms with Gasteiger partial charge in [-0.2, -0.15) is 0 Å². The van der Waals surface area contributed by atoms with Crippen molar-refractivity contribution < 1.29 is 4.79 Å². The average Bonchev–Trinajstić information content (AvgIpc) is 3.23. The van der Waals surface area contributed by atoms with Crippen LogP contribution in [0, 0.1) is 6.92 Å². The molecule has 0 atom stereocenters. The van der Waals surface area contributed by atoms with Crippen LogP contribution in [0.3, 0.4) is 0 Å². The Morgan fingerprint density at radius 1 is 1.06 bits per heavy atom. The maximum atomic E-state index is 14.0. The van der Waals surface area contributed by atoms with Crippen molar-refractivity contribution in [2.24, 2.45) is 0 Å². The van der Waals surface area contributed by atoms with Crippen molar-refractivity contribution >= 4 is 38.9 Å². The SMILES string of the molecule is CNC1CCC(N(Cc2cccc(-c3ccnc(C)c3)c2)C(=O)c2sc3ccccc3c2Cl)CC1. The molecule has 0 bridgehead atoms. The van der Waals surface area contributed by atoms with Crippen LogP contribution in [0.1, 0.15) is 46.6 Å². The highest BCUT2D eigenvalue weighted by Gasteiger charge is 2.31. The number of hydrogen-bond acceptors (Lipinski definition) is 4. The van der Waals surface area contributed by atoms with E-state index >= 15 is 0 Å². The molecule has 0 spiro atoms. The summed E-state index contributed by atoms with van der Waals surface area (Å²) >= 11 is 8.25. The van der Waals surface area contributed by atoms with Crippen molar-refractivity contribution in [2.45, 2.75) is 51.2 Å². The van der Waals surface area contributed by atoms with E-state index in [-0.39, 0.29) is 11.9 Å². The summed E-state index contributed by atoms with van der Waals surface area (Å²) in [6.45, 7) is 2.57. The maximum absolute atomic E-state index is 14.0. The number of rotatable bonds is 6. The largest absolute Gasteiger partial charge is 0.331 e. The van der Waals surface area contributed by atoms with Crippen LogP contribution in [0.5, 0.6) is 0 Å². The first-order chi connectivity index (χ1) is 17.0. The van der Waals surface area contributed by atoms with Gasteiger partial charge in [-0.3, -0.25) is 9.78 Å². The summed E-state index contributed by atoms with van der Waals surface area (Å²) in [7, 11) is 2.03. The number of halogens is 1. The Morgan fingerprint density at radius 2 is 1.83 bits per heavy atom. The van der Waals surface area contributed by atoms with Crippen LogP contribution in [0.25, 0.3) is 21.2 Å². The van der Waals surface area contributed by atoms with E-state index in [2.05, 4.69) is 45.5 Å². The van der Waals surface area contributed by atoms with Crippen LogP contribution in [-0.2, 0) is 6.54 Å². The smallest absolute Gasteiger partial charge is 0.266 e. The normalized spacial score (nSPS) is 18.0. The number of thiophene rings is 1. The molecule has 0 radical (unpaired) electrons. The molecule has 35 heavy (non-hydrogen) atoms. The Hall–Kier alpha value is -2.73.